The predicted octanol–water partition coefficient (Wildman–Crippen LogP) is 0.941. The number of aliphatic carboxylic acids is 1. The molecule has 6 nitrogen and oxygen atoms in total. The Morgan fingerprint density at radius 2 is 1.79 bits per heavy atom. The number of ether oxygens (including phenoxy) is 2. The van der Waals surface area contributed by atoms with Crippen LogP contribution in [0.4, 0.5) is 0 Å². The highest BCUT2D eigenvalue weighted by atomic mass is 16.6. The normalized spacial score (nSPS) is 9.26. The third-order valence-corrected chi connectivity index (χ3v) is 1.67. The molecule has 0 fully saturated rings. The Morgan fingerprint density at radius 3 is 2.16 bits per heavy atom. The minimum absolute atomic E-state index is 0.291. The summed E-state index contributed by atoms with van der Waals surface area (Å²) in [6.07, 6.45) is 0.833. The van der Waals surface area contributed by atoms with Crippen molar-refractivity contribution in [3.05, 3.63) is 24.8 Å². The van der Waals surface area contributed by atoms with Crippen molar-refractivity contribution in [3.8, 4) is 0 Å². The van der Waals surface area contributed by atoms with Gasteiger partial charge in [-0.3, -0.25) is 0 Å². The summed E-state index contributed by atoms with van der Waals surface area (Å²) >= 11 is 0. The van der Waals surface area contributed by atoms with Crippen LogP contribution in [0.15, 0.2) is 24.8 Å². The summed E-state index contributed by atoms with van der Waals surface area (Å²) in [5, 5.41) is 7.60. The Bertz CT molecular complexity index is 299. The molecular weight excluding hydrogens is 250 g/mol. The fourth-order valence-corrected chi connectivity index (χ4v) is 0.666. The van der Waals surface area contributed by atoms with Gasteiger partial charge in [0.1, 0.15) is 6.61 Å². The molecule has 6 heteroatoms. The zero-order chi connectivity index (χ0) is 15.3. The number of esters is 1. The number of carboxylic acid groups (broad SMARTS) is 1. The van der Waals surface area contributed by atoms with Crippen LogP contribution in [0.5, 0.6) is 0 Å². The second-order valence-electron chi connectivity index (χ2n) is 3.87. The van der Waals surface area contributed by atoms with Gasteiger partial charge in [-0.15, -0.1) is 0 Å². The summed E-state index contributed by atoms with van der Waals surface area (Å²) in [4.78, 5) is 22.2. The molecule has 0 radical (unpaired) electrons. The van der Waals surface area contributed by atoms with Crippen LogP contribution >= 0.6 is 0 Å². The second-order valence-corrected chi connectivity index (χ2v) is 3.87. The van der Waals surface area contributed by atoms with E-state index in [2.05, 4.69) is 13.2 Å². The molecule has 0 aromatic rings. The van der Waals surface area contributed by atoms with Crippen LogP contribution in [0.1, 0.15) is 6.92 Å². The minimum atomic E-state index is -0.981. The van der Waals surface area contributed by atoms with E-state index in [1.165, 1.54) is 0 Å². The van der Waals surface area contributed by atoms with Gasteiger partial charge in [-0.05, 0) is 21.0 Å². The summed E-state index contributed by atoms with van der Waals surface area (Å²) in [5.41, 5.74) is 0.415. The van der Waals surface area contributed by atoms with Gasteiger partial charge >= 0.3 is 11.9 Å². The van der Waals surface area contributed by atoms with Gasteiger partial charge in [0.25, 0.3) is 0 Å². The largest absolute Gasteiger partial charge is 0.478 e. The van der Waals surface area contributed by atoms with Gasteiger partial charge in [-0.1, -0.05) is 13.2 Å². The molecule has 0 rings (SSSR count). The highest BCUT2D eigenvalue weighted by molar-refractivity contribution is 5.86. The summed E-state index contributed by atoms with van der Waals surface area (Å²) in [7, 11) is 3.95. The number of likely N-dealkylation sites (N-methyl/N-ethyl adjacent to an activating group) is 1. The number of hydrogen-bond acceptors (Lipinski definition) is 5. The number of hydrogen-bond donors (Lipinski definition) is 1. The highest BCUT2D eigenvalue weighted by Gasteiger charge is 2.01. The number of nitrogens with zero attached hydrogens (tertiary/aromatic N) is 1. The Balaban J connectivity index is 0. The molecule has 0 aliphatic carbocycles. The Morgan fingerprint density at radius 1 is 1.26 bits per heavy atom. The maximum atomic E-state index is 10.9. The fourth-order valence-electron chi connectivity index (χ4n) is 0.666. The average Bonchev–Trinajstić information content (AvgIpc) is 2.33. The van der Waals surface area contributed by atoms with Gasteiger partial charge in [0.15, 0.2) is 0 Å². The van der Waals surface area contributed by atoms with Crippen molar-refractivity contribution in [2.45, 2.75) is 6.92 Å². The van der Waals surface area contributed by atoms with Crippen molar-refractivity contribution >= 4 is 11.9 Å². The molecule has 0 aliphatic rings. The number of carboxylic acids is 1. The quantitative estimate of drug-likeness (QED) is 0.403. The molecule has 0 saturated heterocycles. The van der Waals surface area contributed by atoms with Crippen LogP contribution < -0.4 is 0 Å². The summed E-state index contributed by atoms with van der Waals surface area (Å²) < 4.78 is 10.1. The standard InChI is InChI=1S/C10H19NO3.C3H4O2/c1-9(2)10(12)14-8-7-13-6-5-11(3)4;1-2-3(4)5/h1,5-8H2,2-4H3;2H,1H2,(H,4,5). The first kappa shape index (κ1) is 19.7. The molecule has 0 unspecified atom stereocenters. The van der Waals surface area contributed by atoms with Gasteiger partial charge in [0.2, 0.25) is 0 Å². The number of rotatable bonds is 8. The van der Waals surface area contributed by atoms with Crippen LogP contribution in [-0.2, 0) is 19.1 Å². The first-order chi connectivity index (χ1) is 8.81. The van der Waals surface area contributed by atoms with Gasteiger partial charge in [-0.2, -0.15) is 0 Å². The molecule has 1 N–H and O–H groups in total. The maximum absolute atomic E-state index is 10.9. The SMILES string of the molecule is C=C(C)C(=O)OCCOCCN(C)C.C=CC(=O)O. The second kappa shape index (κ2) is 12.8. The Hall–Kier alpha value is -1.66. The van der Waals surface area contributed by atoms with Crippen LogP contribution in [-0.4, -0.2) is 62.4 Å². The molecule has 0 aliphatic heterocycles. The van der Waals surface area contributed by atoms with Crippen molar-refractivity contribution in [1.82, 2.24) is 4.90 Å². The van der Waals surface area contributed by atoms with Crippen molar-refractivity contribution in [1.29, 1.82) is 0 Å². The molecule has 0 bridgehead atoms. The summed E-state index contributed by atoms with van der Waals surface area (Å²) in [5.74, 6) is -1.34. The highest BCUT2D eigenvalue weighted by Crippen LogP contribution is 1.91. The summed E-state index contributed by atoms with van der Waals surface area (Å²) in [6.45, 7) is 10.3. The van der Waals surface area contributed by atoms with Crippen LogP contribution in [0.2, 0.25) is 0 Å². The van der Waals surface area contributed by atoms with E-state index in [1.54, 1.807) is 6.92 Å². The molecule has 0 aromatic heterocycles. The van der Waals surface area contributed by atoms with Crippen molar-refractivity contribution < 1.29 is 24.2 Å². The molecular formula is C13H23NO5. The summed E-state index contributed by atoms with van der Waals surface area (Å²) in [6, 6.07) is 0. The molecule has 0 amide bonds. The lowest BCUT2D eigenvalue weighted by Gasteiger charge is -2.09. The van der Waals surface area contributed by atoms with E-state index < -0.39 is 5.97 Å². The maximum Gasteiger partial charge on any atom is 0.333 e. The van der Waals surface area contributed by atoms with E-state index in [-0.39, 0.29) is 5.97 Å². The predicted molar refractivity (Wildman–Crippen MR) is 73.0 cm³/mol. The van der Waals surface area contributed by atoms with Crippen molar-refractivity contribution in [2.75, 3.05) is 40.5 Å². The van der Waals surface area contributed by atoms with Gasteiger partial charge in [0, 0.05) is 18.2 Å². The van der Waals surface area contributed by atoms with Crippen LogP contribution in [0, 0.1) is 0 Å². The monoisotopic (exact) mass is 273 g/mol. The van der Waals surface area contributed by atoms with E-state index in [0.717, 1.165) is 12.6 Å². The first-order valence-electron chi connectivity index (χ1n) is 5.71. The molecule has 0 heterocycles. The van der Waals surface area contributed by atoms with Crippen molar-refractivity contribution in [3.63, 3.8) is 0 Å². The van der Waals surface area contributed by atoms with E-state index >= 15 is 0 Å². The molecule has 110 valence electrons. The minimum Gasteiger partial charge on any atom is -0.478 e. The molecule has 0 atom stereocenters. The average molecular weight is 273 g/mol. The Kier molecular flexibility index (Phi) is 13.2. The van der Waals surface area contributed by atoms with Crippen molar-refractivity contribution in [2.24, 2.45) is 0 Å². The van der Waals surface area contributed by atoms with Gasteiger partial charge < -0.3 is 19.5 Å². The fraction of sp³-hybridized carbons (Fsp3) is 0.538. The smallest absolute Gasteiger partial charge is 0.333 e. The van der Waals surface area contributed by atoms with E-state index in [1.807, 2.05) is 19.0 Å². The zero-order valence-corrected chi connectivity index (χ0v) is 11.8. The topological polar surface area (TPSA) is 76.1 Å². The lowest BCUT2D eigenvalue weighted by Crippen LogP contribution is -2.19. The lowest BCUT2D eigenvalue weighted by molar-refractivity contribution is -0.140. The first-order valence-corrected chi connectivity index (χ1v) is 5.71. The molecule has 0 spiro atoms. The molecule has 0 saturated carbocycles. The van der Waals surface area contributed by atoms with Crippen LogP contribution in [0.25, 0.3) is 0 Å². The van der Waals surface area contributed by atoms with E-state index in [0.29, 0.717) is 25.4 Å². The lowest BCUT2D eigenvalue weighted by atomic mass is 10.4. The number of carbonyl (C=O) groups excluding carboxylic acids is 1. The van der Waals surface area contributed by atoms with Gasteiger partial charge in [0.05, 0.1) is 13.2 Å². The zero-order valence-electron chi connectivity index (χ0n) is 11.8. The van der Waals surface area contributed by atoms with E-state index in [4.69, 9.17) is 14.6 Å². The van der Waals surface area contributed by atoms with Gasteiger partial charge in [-0.25, -0.2) is 9.59 Å². The van der Waals surface area contributed by atoms with E-state index in [9.17, 15) is 9.59 Å². The van der Waals surface area contributed by atoms with Crippen LogP contribution in [0.3, 0.4) is 0 Å². The molecule has 19 heavy (non-hydrogen) atoms. The Labute approximate surface area is 114 Å². The third-order valence-electron chi connectivity index (χ3n) is 1.67. The molecule has 0 aromatic carbocycles. The number of carbonyl (C=O) groups is 2. The third kappa shape index (κ3) is 18.9.